The molecule has 0 aliphatic rings. The van der Waals surface area contributed by atoms with E-state index in [1.165, 1.54) is 0 Å². The van der Waals surface area contributed by atoms with Crippen LogP contribution in [0.15, 0.2) is 30.3 Å². The van der Waals surface area contributed by atoms with Crippen molar-refractivity contribution in [2.75, 3.05) is 5.75 Å². The summed E-state index contributed by atoms with van der Waals surface area (Å²) in [5.41, 5.74) is 0.929. The second kappa shape index (κ2) is 9.45. The van der Waals surface area contributed by atoms with Gasteiger partial charge in [-0.1, -0.05) is 50.1 Å². The molecule has 1 aromatic rings. The maximum atomic E-state index is 12.4. The van der Waals surface area contributed by atoms with E-state index in [2.05, 4.69) is 24.9 Å². The highest BCUT2D eigenvalue weighted by molar-refractivity contribution is 7.80. The summed E-state index contributed by atoms with van der Waals surface area (Å²) in [7, 11) is 0. The number of carboxylic acid groups (broad SMARTS) is 1. The minimum atomic E-state index is -1.01. The molecule has 1 rings (SSSR count). The van der Waals surface area contributed by atoms with Crippen molar-refractivity contribution < 1.29 is 14.7 Å². The zero-order chi connectivity index (χ0) is 15.7. The third-order valence-corrected chi connectivity index (χ3v) is 3.66. The molecule has 0 aliphatic carbocycles. The van der Waals surface area contributed by atoms with E-state index in [0.717, 1.165) is 24.8 Å². The van der Waals surface area contributed by atoms with E-state index >= 15 is 0 Å². The number of rotatable bonds is 9. The van der Waals surface area contributed by atoms with E-state index < -0.39 is 12.0 Å². The molecule has 21 heavy (non-hydrogen) atoms. The number of carbonyl (C=O) groups excluding carboxylic acids is 1. The number of benzene rings is 1. The van der Waals surface area contributed by atoms with Crippen LogP contribution in [-0.2, 0) is 9.59 Å². The molecule has 0 bridgehead atoms. The highest BCUT2D eigenvalue weighted by Gasteiger charge is 2.25. The molecule has 0 fully saturated rings. The molecule has 5 heteroatoms. The molecule has 2 N–H and O–H groups in total. The lowest BCUT2D eigenvalue weighted by molar-refractivity contribution is -0.142. The van der Waals surface area contributed by atoms with Crippen LogP contribution < -0.4 is 5.32 Å². The Morgan fingerprint density at radius 2 is 1.90 bits per heavy atom. The SMILES string of the molecule is CCCCC(C(=O)N[C@@H](CCS)C(=O)O)c1ccccc1. The Morgan fingerprint density at radius 3 is 2.43 bits per heavy atom. The van der Waals surface area contributed by atoms with Gasteiger partial charge < -0.3 is 10.4 Å². The Balaban J connectivity index is 2.82. The number of aliphatic carboxylic acids is 1. The maximum absolute atomic E-state index is 12.4. The largest absolute Gasteiger partial charge is 0.480 e. The van der Waals surface area contributed by atoms with Crippen molar-refractivity contribution in [2.45, 2.75) is 44.6 Å². The first-order valence-electron chi connectivity index (χ1n) is 7.29. The fraction of sp³-hybridized carbons (Fsp3) is 0.500. The van der Waals surface area contributed by atoms with Gasteiger partial charge >= 0.3 is 5.97 Å². The van der Waals surface area contributed by atoms with Crippen LogP contribution in [0.3, 0.4) is 0 Å². The summed E-state index contributed by atoms with van der Waals surface area (Å²) >= 11 is 4.04. The van der Waals surface area contributed by atoms with Crippen LogP contribution in [-0.4, -0.2) is 28.8 Å². The van der Waals surface area contributed by atoms with E-state index in [9.17, 15) is 9.59 Å². The monoisotopic (exact) mass is 309 g/mol. The second-order valence-electron chi connectivity index (χ2n) is 5.02. The van der Waals surface area contributed by atoms with Gasteiger partial charge in [-0.2, -0.15) is 12.6 Å². The van der Waals surface area contributed by atoms with Crippen LogP contribution in [0, 0.1) is 0 Å². The first kappa shape index (κ1) is 17.6. The highest BCUT2D eigenvalue weighted by atomic mass is 32.1. The smallest absolute Gasteiger partial charge is 0.326 e. The lowest BCUT2D eigenvalue weighted by Gasteiger charge is -2.20. The average molecular weight is 309 g/mol. The number of hydrogen-bond acceptors (Lipinski definition) is 3. The normalized spacial score (nSPS) is 13.4. The third kappa shape index (κ3) is 5.79. The molecule has 0 aliphatic heterocycles. The zero-order valence-electron chi connectivity index (χ0n) is 12.3. The van der Waals surface area contributed by atoms with Crippen molar-refractivity contribution in [3.05, 3.63) is 35.9 Å². The molecule has 116 valence electrons. The van der Waals surface area contributed by atoms with Crippen LogP contribution in [0.25, 0.3) is 0 Å². The Kier molecular flexibility index (Phi) is 7.90. The molecule has 0 heterocycles. The molecular formula is C16H23NO3S. The van der Waals surface area contributed by atoms with Gasteiger partial charge in [0, 0.05) is 0 Å². The number of hydrogen-bond donors (Lipinski definition) is 3. The minimum Gasteiger partial charge on any atom is -0.480 e. The van der Waals surface area contributed by atoms with Gasteiger partial charge in [0.15, 0.2) is 0 Å². The quantitative estimate of drug-likeness (QED) is 0.615. The van der Waals surface area contributed by atoms with Crippen molar-refractivity contribution >= 4 is 24.5 Å². The first-order chi connectivity index (χ1) is 10.1. The molecule has 1 aromatic carbocycles. The zero-order valence-corrected chi connectivity index (χ0v) is 13.2. The van der Waals surface area contributed by atoms with Crippen LogP contribution in [0.1, 0.15) is 44.1 Å². The number of nitrogens with one attached hydrogen (secondary N) is 1. The predicted octanol–water partition coefficient (Wildman–Crippen LogP) is 2.85. The van der Waals surface area contributed by atoms with Crippen molar-refractivity contribution in [3.8, 4) is 0 Å². The summed E-state index contributed by atoms with van der Waals surface area (Å²) in [6.07, 6.45) is 2.96. The van der Waals surface area contributed by atoms with Gasteiger partial charge in [0.25, 0.3) is 0 Å². The van der Waals surface area contributed by atoms with Crippen LogP contribution in [0.5, 0.6) is 0 Å². The number of thiol groups is 1. The summed E-state index contributed by atoms with van der Waals surface area (Å²) in [5.74, 6) is -1.11. The van der Waals surface area contributed by atoms with Crippen molar-refractivity contribution in [2.24, 2.45) is 0 Å². The van der Waals surface area contributed by atoms with E-state index in [1.807, 2.05) is 30.3 Å². The molecule has 0 radical (unpaired) electrons. The topological polar surface area (TPSA) is 66.4 Å². The molecule has 1 amide bonds. The first-order valence-corrected chi connectivity index (χ1v) is 7.92. The van der Waals surface area contributed by atoms with Gasteiger partial charge in [-0.05, 0) is 24.2 Å². The van der Waals surface area contributed by atoms with Gasteiger partial charge in [-0.25, -0.2) is 4.79 Å². The minimum absolute atomic E-state index is 0.219. The van der Waals surface area contributed by atoms with E-state index in [-0.39, 0.29) is 11.8 Å². The molecule has 0 saturated heterocycles. The van der Waals surface area contributed by atoms with Crippen molar-refractivity contribution in [1.82, 2.24) is 5.32 Å². The van der Waals surface area contributed by atoms with Crippen LogP contribution >= 0.6 is 12.6 Å². The van der Waals surface area contributed by atoms with Gasteiger partial charge in [-0.3, -0.25) is 4.79 Å². The van der Waals surface area contributed by atoms with Crippen LogP contribution in [0.4, 0.5) is 0 Å². The van der Waals surface area contributed by atoms with Gasteiger partial charge in [0.1, 0.15) is 6.04 Å². The summed E-state index contributed by atoms with van der Waals surface area (Å²) in [4.78, 5) is 23.6. The van der Waals surface area contributed by atoms with Crippen molar-refractivity contribution in [1.29, 1.82) is 0 Å². The van der Waals surface area contributed by atoms with E-state index in [4.69, 9.17) is 5.11 Å². The van der Waals surface area contributed by atoms with Gasteiger partial charge in [0.05, 0.1) is 5.92 Å². The fourth-order valence-corrected chi connectivity index (χ4v) is 2.46. The second-order valence-corrected chi connectivity index (χ2v) is 5.46. The highest BCUT2D eigenvalue weighted by Crippen LogP contribution is 2.22. The number of unbranched alkanes of at least 4 members (excludes halogenated alkanes) is 1. The molecule has 1 unspecified atom stereocenters. The molecule has 2 atom stereocenters. The molecule has 0 aromatic heterocycles. The Bertz CT molecular complexity index is 450. The number of carboxylic acids is 1. The van der Waals surface area contributed by atoms with Crippen LogP contribution in [0.2, 0.25) is 0 Å². The standard InChI is InChI=1S/C16H23NO3S/c1-2-3-9-13(12-7-5-4-6-8-12)15(18)17-14(10-11-21)16(19)20/h4-8,13-14,21H,2-3,9-11H2,1H3,(H,17,18)(H,19,20)/t13?,14-/m0/s1. The summed E-state index contributed by atoms with van der Waals surface area (Å²) in [6, 6.07) is 8.64. The van der Waals surface area contributed by atoms with Crippen molar-refractivity contribution in [3.63, 3.8) is 0 Å². The summed E-state index contributed by atoms with van der Waals surface area (Å²) < 4.78 is 0. The Labute approximate surface area is 131 Å². The molecule has 4 nitrogen and oxygen atoms in total. The van der Waals surface area contributed by atoms with Gasteiger partial charge in [0.2, 0.25) is 5.91 Å². The molecule has 0 spiro atoms. The third-order valence-electron chi connectivity index (χ3n) is 3.40. The fourth-order valence-electron chi connectivity index (χ4n) is 2.20. The number of amides is 1. The Hall–Kier alpha value is -1.49. The van der Waals surface area contributed by atoms with Gasteiger partial charge in [-0.15, -0.1) is 0 Å². The molecular weight excluding hydrogens is 286 g/mol. The molecule has 0 saturated carbocycles. The Morgan fingerprint density at radius 1 is 1.24 bits per heavy atom. The predicted molar refractivity (Wildman–Crippen MR) is 86.7 cm³/mol. The summed E-state index contributed by atoms with van der Waals surface area (Å²) in [6.45, 7) is 2.07. The average Bonchev–Trinajstić information content (AvgIpc) is 2.48. The summed E-state index contributed by atoms with van der Waals surface area (Å²) in [5, 5.41) is 11.8. The lowest BCUT2D eigenvalue weighted by Crippen LogP contribution is -2.43. The van der Waals surface area contributed by atoms with E-state index in [0.29, 0.717) is 12.2 Å². The maximum Gasteiger partial charge on any atom is 0.326 e. The van der Waals surface area contributed by atoms with E-state index in [1.54, 1.807) is 0 Å². The number of carbonyl (C=O) groups is 2. The lowest BCUT2D eigenvalue weighted by atomic mass is 9.92.